The van der Waals surface area contributed by atoms with Crippen LogP contribution in [0.5, 0.6) is 0 Å². The van der Waals surface area contributed by atoms with Crippen molar-refractivity contribution in [2.24, 2.45) is 0 Å². The van der Waals surface area contributed by atoms with Gasteiger partial charge in [-0.2, -0.15) is 13.2 Å². The largest absolute Gasteiger partial charge is 0.416 e. The minimum Gasteiger partial charge on any atom is -0.399 e. The second-order valence-corrected chi connectivity index (χ2v) is 4.75. The first-order valence-corrected chi connectivity index (χ1v) is 6.14. The maximum absolute atomic E-state index is 12.8. The number of anilines is 1. The molecule has 21 heavy (non-hydrogen) atoms. The molecule has 2 heterocycles. The van der Waals surface area contributed by atoms with Crippen LogP contribution in [-0.2, 0) is 6.18 Å². The number of nitrogens with one attached hydrogen (secondary N) is 1. The number of aromatic nitrogens is 3. The molecule has 0 saturated heterocycles. The molecule has 0 aliphatic rings. The van der Waals surface area contributed by atoms with E-state index in [4.69, 9.17) is 5.73 Å². The molecule has 3 N–H and O–H groups in total. The van der Waals surface area contributed by atoms with Gasteiger partial charge in [-0.15, -0.1) is 0 Å². The van der Waals surface area contributed by atoms with Crippen molar-refractivity contribution >= 4 is 16.9 Å². The van der Waals surface area contributed by atoms with Crippen molar-refractivity contribution in [3.05, 3.63) is 41.6 Å². The van der Waals surface area contributed by atoms with Crippen molar-refractivity contribution in [3.63, 3.8) is 0 Å². The van der Waals surface area contributed by atoms with Crippen molar-refractivity contribution < 1.29 is 13.2 Å². The summed E-state index contributed by atoms with van der Waals surface area (Å²) in [6.45, 7) is 1.87. The Bertz CT molecular complexity index is 821. The van der Waals surface area contributed by atoms with Gasteiger partial charge in [-0.1, -0.05) is 0 Å². The lowest BCUT2D eigenvalue weighted by molar-refractivity contribution is -0.137. The number of rotatable bonds is 1. The molecule has 3 aromatic rings. The van der Waals surface area contributed by atoms with E-state index >= 15 is 0 Å². The number of hydrogen-bond acceptors (Lipinski definition) is 3. The molecular formula is C14H11F3N4. The minimum absolute atomic E-state index is 0.0324. The lowest BCUT2D eigenvalue weighted by Crippen LogP contribution is -2.06. The highest BCUT2D eigenvalue weighted by Gasteiger charge is 2.31. The van der Waals surface area contributed by atoms with Crippen molar-refractivity contribution in [1.82, 2.24) is 15.0 Å². The number of imidazole rings is 1. The summed E-state index contributed by atoms with van der Waals surface area (Å²) in [6, 6.07) is 5.16. The van der Waals surface area contributed by atoms with E-state index < -0.39 is 11.7 Å². The van der Waals surface area contributed by atoms with Gasteiger partial charge in [0.2, 0.25) is 0 Å². The predicted octanol–water partition coefficient (Wildman–Crippen LogP) is 3.53. The third kappa shape index (κ3) is 2.42. The number of halogens is 3. The molecule has 0 atom stereocenters. The summed E-state index contributed by atoms with van der Waals surface area (Å²) in [5, 5.41) is 0. The van der Waals surface area contributed by atoms with E-state index in [1.807, 2.05) is 6.92 Å². The first kappa shape index (κ1) is 13.4. The van der Waals surface area contributed by atoms with Gasteiger partial charge in [0.15, 0.2) is 5.65 Å². The zero-order chi connectivity index (χ0) is 15.2. The second kappa shape index (κ2) is 4.47. The zero-order valence-corrected chi connectivity index (χ0v) is 11.0. The van der Waals surface area contributed by atoms with Crippen LogP contribution in [0.3, 0.4) is 0 Å². The van der Waals surface area contributed by atoms with Crippen LogP contribution in [0.1, 0.15) is 11.1 Å². The maximum atomic E-state index is 12.8. The molecule has 4 nitrogen and oxygen atoms in total. The topological polar surface area (TPSA) is 67.6 Å². The van der Waals surface area contributed by atoms with E-state index in [1.54, 1.807) is 12.3 Å². The Morgan fingerprint density at radius 1 is 1.19 bits per heavy atom. The highest BCUT2D eigenvalue weighted by Crippen LogP contribution is 2.34. The fraction of sp³-hybridized carbons (Fsp3) is 0.143. The van der Waals surface area contributed by atoms with Gasteiger partial charge in [-0.05, 0) is 36.8 Å². The van der Waals surface area contributed by atoms with E-state index in [1.165, 1.54) is 6.07 Å². The van der Waals surface area contributed by atoms with E-state index in [2.05, 4.69) is 15.0 Å². The molecule has 108 valence electrons. The first-order chi connectivity index (χ1) is 9.84. The minimum atomic E-state index is -4.45. The molecule has 0 unspecified atom stereocenters. The normalized spacial score (nSPS) is 12.0. The molecular weight excluding hydrogens is 281 g/mol. The molecule has 0 aliphatic heterocycles. The molecule has 0 radical (unpaired) electrons. The van der Waals surface area contributed by atoms with Crippen LogP contribution < -0.4 is 5.73 Å². The van der Waals surface area contributed by atoms with Gasteiger partial charge in [0.1, 0.15) is 5.82 Å². The number of aromatic amines is 1. The quantitative estimate of drug-likeness (QED) is 0.674. The van der Waals surface area contributed by atoms with E-state index in [0.717, 1.165) is 17.7 Å². The molecule has 3 rings (SSSR count). The maximum Gasteiger partial charge on any atom is 0.416 e. The SMILES string of the molecule is Cc1ccnc2nc(-c3cc(N)cc(C(F)(F)F)c3)[nH]c12. The fourth-order valence-electron chi connectivity index (χ4n) is 2.12. The first-order valence-electron chi connectivity index (χ1n) is 6.14. The molecule has 0 bridgehead atoms. The van der Waals surface area contributed by atoms with E-state index in [0.29, 0.717) is 17.0 Å². The van der Waals surface area contributed by atoms with Gasteiger partial charge in [0, 0.05) is 17.4 Å². The standard InChI is InChI=1S/C14H11F3N4/c1-7-2-3-19-13-11(7)20-12(21-13)8-4-9(14(15,16)17)6-10(18)5-8/h2-6H,18H2,1H3,(H,19,20,21). The Balaban J connectivity index is 2.18. The number of hydrogen-bond donors (Lipinski definition) is 2. The van der Waals surface area contributed by atoms with Crippen LogP contribution in [0.25, 0.3) is 22.6 Å². The summed E-state index contributed by atoms with van der Waals surface area (Å²) in [5.41, 5.74) is 7.14. The van der Waals surface area contributed by atoms with Gasteiger partial charge in [-0.25, -0.2) is 9.97 Å². The van der Waals surface area contributed by atoms with Gasteiger partial charge in [0.05, 0.1) is 11.1 Å². The highest BCUT2D eigenvalue weighted by molar-refractivity contribution is 5.79. The average Bonchev–Trinajstić information content (AvgIpc) is 2.82. The Labute approximate surface area is 117 Å². The Kier molecular flexibility index (Phi) is 2.86. The van der Waals surface area contributed by atoms with Crippen molar-refractivity contribution in [2.75, 3.05) is 5.73 Å². The number of pyridine rings is 1. The van der Waals surface area contributed by atoms with Crippen LogP contribution in [0.2, 0.25) is 0 Å². The fourth-order valence-corrected chi connectivity index (χ4v) is 2.12. The number of fused-ring (bicyclic) bond motifs is 1. The number of nitrogens with two attached hydrogens (primary N) is 1. The summed E-state index contributed by atoms with van der Waals surface area (Å²) in [7, 11) is 0. The summed E-state index contributed by atoms with van der Waals surface area (Å²) < 4.78 is 38.5. The number of nitrogen functional groups attached to an aromatic ring is 1. The van der Waals surface area contributed by atoms with Crippen LogP contribution >= 0.6 is 0 Å². The number of alkyl halides is 3. The zero-order valence-electron chi connectivity index (χ0n) is 11.0. The van der Waals surface area contributed by atoms with Crippen LogP contribution in [0.15, 0.2) is 30.5 Å². The van der Waals surface area contributed by atoms with E-state index in [-0.39, 0.29) is 11.3 Å². The van der Waals surface area contributed by atoms with Crippen LogP contribution in [0.4, 0.5) is 18.9 Å². The van der Waals surface area contributed by atoms with Gasteiger partial charge in [0.25, 0.3) is 0 Å². The smallest absolute Gasteiger partial charge is 0.399 e. The van der Waals surface area contributed by atoms with Gasteiger partial charge < -0.3 is 10.7 Å². The summed E-state index contributed by atoms with van der Waals surface area (Å²) >= 11 is 0. The molecule has 0 spiro atoms. The predicted molar refractivity (Wildman–Crippen MR) is 73.5 cm³/mol. The molecule has 0 aliphatic carbocycles. The monoisotopic (exact) mass is 292 g/mol. The Morgan fingerprint density at radius 3 is 2.62 bits per heavy atom. The third-order valence-corrected chi connectivity index (χ3v) is 3.16. The molecule has 0 saturated carbocycles. The summed E-state index contributed by atoms with van der Waals surface area (Å²) in [6.07, 6.45) is -2.85. The lowest BCUT2D eigenvalue weighted by atomic mass is 10.1. The van der Waals surface area contributed by atoms with Gasteiger partial charge >= 0.3 is 6.18 Å². The van der Waals surface area contributed by atoms with Gasteiger partial charge in [-0.3, -0.25) is 0 Å². The van der Waals surface area contributed by atoms with E-state index in [9.17, 15) is 13.2 Å². The average molecular weight is 292 g/mol. The Morgan fingerprint density at radius 2 is 1.95 bits per heavy atom. The molecule has 0 amide bonds. The second-order valence-electron chi connectivity index (χ2n) is 4.75. The number of H-pyrrole nitrogens is 1. The van der Waals surface area contributed by atoms with Crippen molar-refractivity contribution in [3.8, 4) is 11.4 Å². The summed E-state index contributed by atoms with van der Waals surface area (Å²) in [5.74, 6) is 0.310. The van der Waals surface area contributed by atoms with Crippen molar-refractivity contribution in [2.45, 2.75) is 13.1 Å². The number of aryl methyl sites for hydroxylation is 1. The molecule has 7 heteroatoms. The third-order valence-electron chi connectivity index (χ3n) is 3.16. The Hall–Kier alpha value is -2.57. The van der Waals surface area contributed by atoms with Crippen LogP contribution in [0, 0.1) is 6.92 Å². The highest BCUT2D eigenvalue weighted by atomic mass is 19.4. The van der Waals surface area contributed by atoms with Crippen LogP contribution in [-0.4, -0.2) is 15.0 Å². The number of benzene rings is 1. The van der Waals surface area contributed by atoms with Crippen molar-refractivity contribution in [1.29, 1.82) is 0 Å². The molecule has 1 aromatic carbocycles. The molecule has 0 fully saturated rings. The lowest BCUT2D eigenvalue weighted by Gasteiger charge is -2.09. The number of nitrogens with zero attached hydrogens (tertiary/aromatic N) is 2. The molecule has 2 aromatic heterocycles. The summed E-state index contributed by atoms with van der Waals surface area (Å²) in [4.78, 5) is 11.3.